The van der Waals surface area contributed by atoms with Gasteiger partial charge in [0.2, 0.25) is 0 Å². The molecule has 0 aliphatic heterocycles. The minimum absolute atomic E-state index is 0. The van der Waals surface area contributed by atoms with Crippen molar-refractivity contribution in [2.24, 2.45) is 11.8 Å². The summed E-state index contributed by atoms with van der Waals surface area (Å²) in [6.07, 6.45) is 15.5. The van der Waals surface area contributed by atoms with E-state index >= 15 is 0 Å². The Kier molecular flexibility index (Phi) is 11.3. The maximum absolute atomic E-state index is 2.54. The van der Waals surface area contributed by atoms with Crippen LogP contribution >= 0.6 is 0 Å². The van der Waals surface area contributed by atoms with Crippen LogP contribution in [0.3, 0.4) is 0 Å². The standard InChI is InChI=1S/C20H29.2ClH.Zr/c1-5-7-9-17-13-16(4)19(14-17)20-12-15(3)11-18(20)10-8-6-2;;;/h11-13,17-18H,5-10H2,1-4H3;2*1H;/q;;;+2/p-2. The van der Waals surface area contributed by atoms with E-state index in [-0.39, 0.29) is 24.8 Å². The number of rotatable bonds is 7. The molecule has 0 amide bonds. The Morgan fingerprint density at radius 1 is 0.913 bits per heavy atom. The molecule has 2 rings (SSSR count). The summed E-state index contributed by atoms with van der Waals surface area (Å²) in [5, 5.41) is 0. The molecule has 2 atom stereocenters. The van der Waals surface area contributed by atoms with Crippen molar-refractivity contribution >= 4 is 0 Å². The second-order valence-corrected chi connectivity index (χ2v) is 7.97. The fraction of sp³-hybridized carbons (Fsp3) is 0.600. The van der Waals surface area contributed by atoms with Crippen molar-refractivity contribution in [3.05, 3.63) is 43.8 Å². The summed E-state index contributed by atoms with van der Waals surface area (Å²) in [4.78, 5) is 0. The minimum atomic E-state index is 0. The predicted molar refractivity (Wildman–Crippen MR) is 88.7 cm³/mol. The average Bonchev–Trinajstić information content (AvgIpc) is 2.94. The molecule has 0 aromatic carbocycles. The van der Waals surface area contributed by atoms with E-state index in [0.29, 0.717) is 5.92 Å². The van der Waals surface area contributed by atoms with Crippen LogP contribution in [-0.2, 0) is 24.7 Å². The smallest absolute Gasteiger partial charge is 1.00 e. The maximum Gasteiger partial charge on any atom is -1.00 e. The summed E-state index contributed by atoms with van der Waals surface area (Å²) < 4.78 is 1.71. The zero-order valence-electron chi connectivity index (χ0n) is 14.9. The first-order chi connectivity index (χ1) is 10.1. The van der Waals surface area contributed by atoms with Crippen molar-refractivity contribution in [2.45, 2.75) is 66.2 Å². The van der Waals surface area contributed by atoms with E-state index < -0.39 is 0 Å². The molecule has 0 spiro atoms. The van der Waals surface area contributed by atoms with Gasteiger partial charge in [0.05, 0.1) is 0 Å². The molecule has 0 aromatic heterocycles. The maximum atomic E-state index is 2.54. The first-order valence-electron chi connectivity index (χ1n) is 8.63. The second kappa shape index (κ2) is 11.1. The molecule has 2 aliphatic rings. The van der Waals surface area contributed by atoms with Crippen LogP contribution in [0.25, 0.3) is 0 Å². The third-order valence-corrected chi connectivity index (χ3v) is 6.28. The van der Waals surface area contributed by atoms with E-state index in [1.807, 2.05) is 0 Å². The molecule has 0 radical (unpaired) electrons. The number of hydrogen-bond acceptors (Lipinski definition) is 0. The van der Waals surface area contributed by atoms with Gasteiger partial charge in [-0.2, -0.15) is 0 Å². The molecule has 0 N–H and O–H groups in total. The third kappa shape index (κ3) is 5.72. The van der Waals surface area contributed by atoms with Crippen molar-refractivity contribution in [2.75, 3.05) is 0 Å². The van der Waals surface area contributed by atoms with E-state index in [1.54, 1.807) is 44.7 Å². The number of allylic oxidation sites excluding steroid dienone is 8. The van der Waals surface area contributed by atoms with Crippen LogP contribution in [-0.4, -0.2) is 0 Å². The van der Waals surface area contributed by atoms with E-state index in [1.165, 1.54) is 44.1 Å². The van der Waals surface area contributed by atoms with E-state index in [9.17, 15) is 0 Å². The van der Waals surface area contributed by atoms with Crippen molar-refractivity contribution in [1.29, 1.82) is 0 Å². The first kappa shape index (κ1) is 23.4. The molecule has 2 unspecified atom stereocenters. The Bertz CT molecular complexity index is 512. The molecule has 0 bridgehead atoms. The number of hydrogen-bond donors (Lipinski definition) is 0. The largest absolute Gasteiger partial charge is 1.00 e. The Hall–Kier alpha value is 0.423. The summed E-state index contributed by atoms with van der Waals surface area (Å²) >= 11 is 1.62. The van der Waals surface area contributed by atoms with Gasteiger partial charge in [0.25, 0.3) is 0 Å². The normalized spacial score (nSPS) is 23.1. The Labute approximate surface area is 170 Å². The zero-order chi connectivity index (χ0) is 15.4. The molecule has 0 fully saturated rings. The van der Waals surface area contributed by atoms with Gasteiger partial charge in [0.15, 0.2) is 0 Å². The fourth-order valence-electron chi connectivity index (χ4n) is 3.63. The van der Waals surface area contributed by atoms with Crippen LogP contribution in [0.15, 0.2) is 43.8 Å². The van der Waals surface area contributed by atoms with Crippen LogP contribution in [0.2, 0.25) is 0 Å². The summed E-state index contributed by atoms with van der Waals surface area (Å²) in [5.74, 6) is 1.40. The quantitative estimate of drug-likeness (QED) is 0.542. The van der Waals surface area contributed by atoms with Crippen LogP contribution in [0.5, 0.6) is 0 Å². The monoisotopic (exact) mass is 429 g/mol. The third-order valence-electron chi connectivity index (χ3n) is 4.76. The SMILES string of the molecule is CCCCC1C=C(C)C=C1C1=[C]([Zr+2])C(CCCC)C=C1C.[Cl-].[Cl-]. The van der Waals surface area contributed by atoms with E-state index in [2.05, 4.69) is 45.9 Å². The number of halogens is 2. The van der Waals surface area contributed by atoms with Gasteiger partial charge in [0, 0.05) is 0 Å². The molecule has 0 aromatic rings. The van der Waals surface area contributed by atoms with Crippen molar-refractivity contribution < 1.29 is 49.5 Å². The summed E-state index contributed by atoms with van der Waals surface area (Å²) in [6.45, 7) is 9.19. The zero-order valence-corrected chi connectivity index (χ0v) is 18.9. The van der Waals surface area contributed by atoms with Crippen molar-refractivity contribution in [1.82, 2.24) is 0 Å². The first-order valence-corrected chi connectivity index (χ1v) is 9.86. The van der Waals surface area contributed by atoms with Crippen LogP contribution in [0.1, 0.15) is 66.2 Å². The van der Waals surface area contributed by atoms with Crippen LogP contribution in [0.4, 0.5) is 0 Å². The van der Waals surface area contributed by atoms with Crippen molar-refractivity contribution in [3.8, 4) is 0 Å². The predicted octanol–water partition coefficient (Wildman–Crippen LogP) is 0.254. The van der Waals surface area contributed by atoms with Crippen LogP contribution in [0, 0.1) is 11.8 Å². The molecule has 127 valence electrons. The molecular weight excluding hydrogens is 402 g/mol. The van der Waals surface area contributed by atoms with Gasteiger partial charge < -0.3 is 24.8 Å². The van der Waals surface area contributed by atoms with Gasteiger partial charge >= 0.3 is 147 Å². The molecule has 0 saturated heterocycles. The van der Waals surface area contributed by atoms with Gasteiger partial charge in [-0.25, -0.2) is 0 Å². The number of unbranched alkanes of at least 4 members (excludes halogenated alkanes) is 2. The Morgan fingerprint density at radius 2 is 1.48 bits per heavy atom. The molecule has 0 saturated carbocycles. The molecule has 0 nitrogen and oxygen atoms in total. The van der Waals surface area contributed by atoms with Gasteiger partial charge in [-0.15, -0.1) is 0 Å². The van der Waals surface area contributed by atoms with E-state index in [4.69, 9.17) is 0 Å². The summed E-state index contributed by atoms with van der Waals surface area (Å²) in [5.41, 5.74) is 6.26. The van der Waals surface area contributed by atoms with Gasteiger partial charge in [-0.1, -0.05) is 0 Å². The minimum Gasteiger partial charge on any atom is -1.00 e. The van der Waals surface area contributed by atoms with Crippen molar-refractivity contribution in [3.63, 3.8) is 0 Å². The topological polar surface area (TPSA) is 0 Å². The van der Waals surface area contributed by atoms with Gasteiger partial charge in [-0.05, 0) is 0 Å². The van der Waals surface area contributed by atoms with E-state index in [0.717, 1.165) is 5.92 Å². The summed E-state index contributed by atoms with van der Waals surface area (Å²) in [7, 11) is 0. The van der Waals surface area contributed by atoms with Crippen LogP contribution < -0.4 is 24.8 Å². The molecule has 23 heavy (non-hydrogen) atoms. The Balaban J connectivity index is 0.00000242. The Morgan fingerprint density at radius 3 is 2.04 bits per heavy atom. The molecule has 3 heteroatoms. The molecule has 2 aliphatic carbocycles. The van der Waals surface area contributed by atoms with Gasteiger partial charge in [-0.3, -0.25) is 0 Å². The second-order valence-electron chi connectivity index (χ2n) is 6.65. The average molecular weight is 432 g/mol. The van der Waals surface area contributed by atoms with Gasteiger partial charge in [0.1, 0.15) is 0 Å². The molecular formula is C20H29Cl2Zr. The molecule has 0 heterocycles. The summed E-state index contributed by atoms with van der Waals surface area (Å²) in [6, 6.07) is 0. The fourth-order valence-corrected chi connectivity index (χ4v) is 5.03.